The quantitative estimate of drug-likeness (QED) is 0.625. The Balaban J connectivity index is 2.22. The van der Waals surface area contributed by atoms with Crippen LogP contribution in [0.4, 0.5) is 0 Å². The molecular formula is C14H13Cl2N3O2. The van der Waals surface area contributed by atoms with E-state index in [4.69, 9.17) is 27.9 Å². The molecule has 7 heteroatoms. The summed E-state index contributed by atoms with van der Waals surface area (Å²) in [6.45, 7) is 5.72. The first kappa shape index (κ1) is 15.5. The predicted octanol–water partition coefficient (Wildman–Crippen LogP) is 3.28. The molecule has 0 bridgehead atoms. The largest absolute Gasteiger partial charge is 0.457 e. The topological polar surface area (TPSA) is 57.0 Å². The SMILES string of the molecule is C=CCOC(=O)c1nnn(Cc2cc(Cl)ccc2Cl)c1C. The summed E-state index contributed by atoms with van der Waals surface area (Å²) in [4.78, 5) is 11.8. The van der Waals surface area contributed by atoms with Gasteiger partial charge in [0, 0.05) is 10.0 Å². The van der Waals surface area contributed by atoms with Crippen LogP contribution in [0, 0.1) is 6.92 Å². The Bertz CT molecular complexity index is 683. The Hall–Kier alpha value is -1.85. The van der Waals surface area contributed by atoms with Gasteiger partial charge < -0.3 is 4.74 Å². The number of hydrogen-bond donors (Lipinski definition) is 0. The molecule has 0 aliphatic heterocycles. The standard InChI is InChI=1S/C14H13Cl2N3O2/c1-3-6-21-14(20)13-9(2)19(18-17-13)8-10-7-11(15)4-5-12(10)16/h3-5,7H,1,6,8H2,2H3. The van der Waals surface area contributed by atoms with E-state index in [-0.39, 0.29) is 12.3 Å². The number of benzene rings is 1. The molecule has 0 N–H and O–H groups in total. The van der Waals surface area contributed by atoms with Gasteiger partial charge in [-0.05, 0) is 30.7 Å². The third-order valence-corrected chi connectivity index (χ3v) is 3.44. The third kappa shape index (κ3) is 3.62. The normalized spacial score (nSPS) is 10.4. The van der Waals surface area contributed by atoms with Crippen molar-refractivity contribution in [3.05, 3.63) is 57.9 Å². The van der Waals surface area contributed by atoms with Gasteiger partial charge in [0.2, 0.25) is 0 Å². The zero-order chi connectivity index (χ0) is 15.4. The molecule has 1 aromatic carbocycles. The molecule has 0 aliphatic rings. The summed E-state index contributed by atoms with van der Waals surface area (Å²) in [7, 11) is 0. The number of carbonyl (C=O) groups excluding carboxylic acids is 1. The maximum atomic E-state index is 11.8. The Morgan fingerprint density at radius 3 is 2.95 bits per heavy atom. The molecule has 1 aromatic heterocycles. The van der Waals surface area contributed by atoms with Gasteiger partial charge in [0.25, 0.3) is 0 Å². The van der Waals surface area contributed by atoms with Crippen LogP contribution in [-0.4, -0.2) is 27.6 Å². The molecule has 5 nitrogen and oxygen atoms in total. The highest BCUT2D eigenvalue weighted by Gasteiger charge is 2.18. The molecule has 0 radical (unpaired) electrons. The van der Waals surface area contributed by atoms with Crippen LogP contribution in [0.5, 0.6) is 0 Å². The first-order chi connectivity index (χ1) is 10.0. The van der Waals surface area contributed by atoms with Crippen LogP contribution in [0.15, 0.2) is 30.9 Å². The summed E-state index contributed by atoms with van der Waals surface area (Å²) in [6, 6.07) is 5.17. The molecule has 21 heavy (non-hydrogen) atoms. The van der Waals surface area contributed by atoms with Crippen molar-refractivity contribution in [1.29, 1.82) is 0 Å². The lowest BCUT2D eigenvalue weighted by atomic mass is 10.2. The maximum Gasteiger partial charge on any atom is 0.361 e. The van der Waals surface area contributed by atoms with Crippen molar-refractivity contribution in [3.8, 4) is 0 Å². The monoisotopic (exact) mass is 325 g/mol. The van der Waals surface area contributed by atoms with E-state index in [1.54, 1.807) is 29.8 Å². The second-order valence-corrected chi connectivity index (χ2v) is 5.15. The summed E-state index contributed by atoms with van der Waals surface area (Å²) in [5.41, 5.74) is 1.57. The molecular weight excluding hydrogens is 313 g/mol. The minimum Gasteiger partial charge on any atom is -0.457 e. The van der Waals surface area contributed by atoms with Gasteiger partial charge in [-0.15, -0.1) is 5.10 Å². The summed E-state index contributed by atoms with van der Waals surface area (Å²) < 4.78 is 6.52. The fourth-order valence-electron chi connectivity index (χ4n) is 1.73. The number of nitrogens with zero attached hydrogens (tertiary/aromatic N) is 3. The highest BCUT2D eigenvalue weighted by molar-refractivity contribution is 6.33. The van der Waals surface area contributed by atoms with Gasteiger partial charge in [-0.2, -0.15) is 0 Å². The Kier molecular flexibility index (Phi) is 4.98. The van der Waals surface area contributed by atoms with Crippen molar-refractivity contribution in [3.63, 3.8) is 0 Å². The molecule has 0 aliphatic carbocycles. The average molecular weight is 326 g/mol. The summed E-state index contributed by atoms with van der Waals surface area (Å²) in [6.07, 6.45) is 1.49. The summed E-state index contributed by atoms with van der Waals surface area (Å²) in [5, 5.41) is 8.95. The van der Waals surface area contributed by atoms with Gasteiger partial charge in [-0.25, -0.2) is 9.48 Å². The molecule has 0 amide bonds. The van der Waals surface area contributed by atoms with E-state index in [0.29, 0.717) is 22.3 Å². The number of ether oxygens (including phenoxy) is 1. The number of hydrogen-bond acceptors (Lipinski definition) is 4. The fourth-order valence-corrected chi connectivity index (χ4v) is 2.10. The van der Waals surface area contributed by atoms with Crippen molar-refractivity contribution in [2.24, 2.45) is 0 Å². The lowest BCUT2D eigenvalue weighted by molar-refractivity contribution is 0.0542. The molecule has 0 saturated carbocycles. The van der Waals surface area contributed by atoms with Gasteiger partial charge >= 0.3 is 5.97 Å². The van der Waals surface area contributed by atoms with Crippen LogP contribution >= 0.6 is 23.2 Å². The summed E-state index contributed by atoms with van der Waals surface area (Å²) in [5.74, 6) is -0.532. The fraction of sp³-hybridized carbons (Fsp3) is 0.214. The third-order valence-electron chi connectivity index (χ3n) is 2.84. The van der Waals surface area contributed by atoms with Crippen LogP contribution in [0.3, 0.4) is 0 Å². The van der Waals surface area contributed by atoms with Crippen molar-refractivity contribution in [2.75, 3.05) is 6.61 Å². The van der Waals surface area contributed by atoms with Crippen LogP contribution in [0.1, 0.15) is 21.7 Å². The van der Waals surface area contributed by atoms with Crippen LogP contribution < -0.4 is 0 Å². The molecule has 1 heterocycles. The van der Waals surface area contributed by atoms with Crippen LogP contribution in [-0.2, 0) is 11.3 Å². The highest BCUT2D eigenvalue weighted by Crippen LogP contribution is 2.22. The molecule has 0 unspecified atom stereocenters. The molecule has 0 saturated heterocycles. The van der Waals surface area contributed by atoms with Crippen molar-refractivity contribution in [2.45, 2.75) is 13.5 Å². The second-order valence-electron chi connectivity index (χ2n) is 4.30. The lowest BCUT2D eigenvalue weighted by Gasteiger charge is -2.06. The molecule has 0 spiro atoms. The lowest BCUT2D eigenvalue weighted by Crippen LogP contribution is -2.09. The van der Waals surface area contributed by atoms with Crippen LogP contribution in [0.25, 0.3) is 0 Å². The van der Waals surface area contributed by atoms with E-state index in [1.807, 2.05) is 0 Å². The molecule has 0 atom stereocenters. The zero-order valence-electron chi connectivity index (χ0n) is 11.3. The van der Waals surface area contributed by atoms with Crippen molar-refractivity contribution >= 4 is 29.2 Å². The Labute approximate surface area is 132 Å². The van der Waals surface area contributed by atoms with Crippen molar-refractivity contribution < 1.29 is 9.53 Å². The summed E-state index contributed by atoms with van der Waals surface area (Å²) >= 11 is 12.1. The van der Waals surface area contributed by atoms with Crippen LogP contribution in [0.2, 0.25) is 10.0 Å². The first-order valence-electron chi connectivity index (χ1n) is 6.15. The molecule has 2 aromatic rings. The van der Waals surface area contributed by atoms with Gasteiger partial charge in [-0.1, -0.05) is 41.1 Å². The van der Waals surface area contributed by atoms with E-state index in [0.717, 1.165) is 5.56 Å². The minimum absolute atomic E-state index is 0.130. The van der Waals surface area contributed by atoms with Gasteiger partial charge in [-0.3, -0.25) is 0 Å². The molecule has 0 fully saturated rings. The maximum absolute atomic E-state index is 11.8. The number of halogens is 2. The van der Waals surface area contributed by atoms with E-state index >= 15 is 0 Å². The Morgan fingerprint density at radius 2 is 2.24 bits per heavy atom. The number of esters is 1. The highest BCUT2D eigenvalue weighted by atomic mass is 35.5. The van der Waals surface area contributed by atoms with E-state index in [2.05, 4.69) is 16.9 Å². The predicted molar refractivity (Wildman–Crippen MR) is 80.8 cm³/mol. The smallest absolute Gasteiger partial charge is 0.361 e. The minimum atomic E-state index is -0.532. The number of aromatic nitrogens is 3. The van der Waals surface area contributed by atoms with E-state index < -0.39 is 5.97 Å². The van der Waals surface area contributed by atoms with Gasteiger partial charge in [0.1, 0.15) is 6.61 Å². The molecule has 2 rings (SSSR count). The zero-order valence-corrected chi connectivity index (χ0v) is 12.9. The second kappa shape index (κ2) is 6.74. The molecule has 110 valence electrons. The first-order valence-corrected chi connectivity index (χ1v) is 6.90. The Morgan fingerprint density at radius 1 is 1.48 bits per heavy atom. The number of rotatable bonds is 5. The number of carbonyl (C=O) groups is 1. The van der Waals surface area contributed by atoms with E-state index in [9.17, 15) is 4.79 Å². The van der Waals surface area contributed by atoms with Gasteiger partial charge in [0.15, 0.2) is 5.69 Å². The average Bonchev–Trinajstić information content (AvgIpc) is 2.82. The van der Waals surface area contributed by atoms with Gasteiger partial charge in [0.05, 0.1) is 12.2 Å². The van der Waals surface area contributed by atoms with E-state index in [1.165, 1.54) is 6.08 Å². The van der Waals surface area contributed by atoms with Crippen molar-refractivity contribution in [1.82, 2.24) is 15.0 Å².